The van der Waals surface area contributed by atoms with E-state index < -0.39 is 17.8 Å². The van der Waals surface area contributed by atoms with Crippen molar-refractivity contribution in [1.82, 2.24) is 10.7 Å². The summed E-state index contributed by atoms with van der Waals surface area (Å²) in [7, 11) is 5.92. The fourth-order valence-corrected chi connectivity index (χ4v) is 3.19. The fraction of sp³-hybridized carbons (Fsp3) is 0.185. The van der Waals surface area contributed by atoms with Crippen LogP contribution in [0.15, 0.2) is 65.8 Å². The first-order chi connectivity index (χ1) is 18.4. The Hall–Kier alpha value is -5.06. The van der Waals surface area contributed by atoms with Crippen LogP contribution in [0.3, 0.4) is 0 Å². The molecule has 0 radical (unpaired) electrons. The number of methoxy groups -OCH3 is 4. The molecular formula is C27H27N3O8. The predicted molar refractivity (Wildman–Crippen MR) is 139 cm³/mol. The van der Waals surface area contributed by atoms with Crippen LogP contribution in [0.2, 0.25) is 0 Å². The number of rotatable bonds is 11. The van der Waals surface area contributed by atoms with Crippen LogP contribution in [-0.4, -0.2) is 59.0 Å². The van der Waals surface area contributed by atoms with Crippen LogP contribution in [0.1, 0.15) is 26.3 Å². The van der Waals surface area contributed by atoms with Gasteiger partial charge in [-0.25, -0.2) is 10.2 Å². The van der Waals surface area contributed by atoms with Gasteiger partial charge in [-0.2, -0.15) is 5.10 Å². The molecule has 3 aromatic rings. The molecule has 198 valence electrons. The third-order valence-corrected chi connectivity index (χ3v) is 5.17. The molecular weight excluding hydrogens is 494 g/mol. The number of nitrogens with zero attached hydrogens (tertiary/aromatic N) is 1. The molecule has 38 heavy (non-hydrogen) atoms. The van der Waals surface area contributed by atoms with Gasteiger partial charge in [0.05, 0.1) is 46.8 Å². The van der Waals surface area contributed by atoms with E-state index in [-0.39, 0.29) is 12.3 Å². The molecule has 0 aromatic heterocycles. The summed E-state index contributed by atoms with van der Waals surface area (Å²) < 4.78 is 26.2. The maximum Gasteiger partial charge on any atom is 0.343 e. The van der Waals surface area contributed by atoms with Gasteiger partial charge in [0.15, 0.2) is 23.0 Å². The van der Waals surface area contributed by atoms with Gasteiger partial charge in [0.2, 0.25) is 0 Å². The molecule has 0 fully saturated rings. The minimum absolute atomic E-state index is 0.215. The van der Waals surface area contributed by atoms with Gasteiger partial charge in [0, 0.05) is 5.56 Å². The molecule has 0 bridgehead atoms. The molecule has 0 atom stereocenters. The number of amides is 2. The highest BCUT2D eigenvalue weighted by molar-refractivity contribution is 5.97. The normalized spacial score (nSPS) is 10.4. The number of hydrogen-bond donors (Lipinski definition) is 2. The zero-order valence-electron chi connectivity index (χ0n) is 21.3. The standard InChI is InChI=1S/C27H27N3O8/c1-34-20-9-6-18(7-10-20)27(33)38-22-11-5-17(13-23(22)36-3)15-29-30-25(31)16-28-26(32)19-8-12-21(35-2)24(14-19)37-4/h5-15H,16H2,1-4H3,(H,28,32)(H,30,31)/b29-15-. The molecule has 11 heteroatoms. The highest BCUT2D eigenvalue weighted by Crippen LogP contribution is 2.29. The summed E-state index contributed by atoms with van der Waals surface area (Å²) in [6.07, 6.45) is 1.38. The van der Waals surface area contributed by atoms with Crippen molar-refractivity contribution >= 4 is 24.0 Å². The maximum absolute atomic E-state index is 12.4. The van der Waals surface area contributed by atoms with Gasteiger partial charge < -0.3 is 29.0 Å². The van der Waals surface area contributed by atoms with Gasteiger partial charge in [-0.1, -0.05) is 0 Å². The predicted octanol–water partition coefficient (Wildman–Crippen LogP) is 2.82. The van der Waals surface area contributed by atoms with Crippen molar-refractivity contribution in [2.75, 3.05) is 35.0 Å². The zero-order valence-corrected chi connectivity index (χ0v) is 21.3. The number of ether oxygens (including phenoxy) is 5. The molecule has 0 unspecified atom stereocenters. The Balaban J connectivity index is 1.54. The Kier molecular flexibility index (Phi) is 9.64. The number of carbonyl (C=O) groups is 3. The third kappa shape index (κ3) is 7.23. The highest BCUT2D eigenvalue weighted by Gasteiger charge is 2.14. The van der Waals surface area contributed by atoms with Gasteiger partial charge in [-0.15, -0.1) is 0 Å². The van der Waals surface area contributed by atoms with E-state index >= 15 is 0 Å². The number of carbonyl (C=O) groups excluding carboxylic acids is 3. The summed E-state index contributed by atoms with van der Waals surface area (Å²) in [5.74, 6) is 0.450. The first-order valence-electron chi connectivity index (χ1n) is 11.2. The van der Waals surface area contributed by atoms with Crippen LogP contribution in [0.4, 0.5) is 0 Å². The summed E-state index contributed by atoms with van der Waals surface area (Å²) >= 11 is 0. The number of benzene rings is 3. The minimum Gasteiger partial charge on any atom is -0.497 e. The Bertz CT molecular complexity index is 1320. The van der Waals surface area contributed by atoms with E-state index in [0.29, 0.717) is 39.7 Å². The van der Waals surface area contributed by atoms with Crippen LogP contribution in [0.25, 0.3) is 0 Å². The molecule has 11 nitrogen and oxygen atoms in total. The number of esters is 1. The van der Waals surface area contributed by atoms with Gasteiger partial charge in [0.25, 0.3) is 11.8 Å². The van der Waals surface area contributed by atoms with Crippen LogP contribution in [0.5, 0.6) is 28.7 Å². The lowest BCUT2D eigenvalue weighted by Crippen LogP contribution is -2.34. The number of hydrazone groups is 1. The van der Waals surface area contributed by atoms with E-state index in [1.165, 1.54) is 40.7 Å². The molecule has 0 saturated carbocycles. The lowest BCUT2D eigenvalue weighted by Gasteiger charge is -2.10. The van der Waals surface area contributed by atoms with Gasteiger partial charge in [-0.3, -0.25) is 9.59 Å². The smallest absolute Gasteiger partial charge is 0.343 e. The summed E-state index contributed by atoms with van der Waals surface area (Å²) in [5, 5.41) is 6.39. The quantitative estimate of drug-likeness (QED) is 0.170. The second-order valence-corrected chi connectivity index (χ2v) is 7.57. The van der Waals surface area contributed by atoms with Crippen LogP contribution in [0, 0.1) is 0 Å². The van der Waals surface area contributed by atoms with E-state index in [0.717, 1.165) is 0 Å². The monoisotopic (exact) mass is 521 g/mol. The summed E-state index contributed by atoms with van der Waals surface area (Å²) in [5.41, 5.74) is 3.55. The van der Waals surface area contributed by atoms with Crippen LogP contribution in [-0.2, 0) is 4.79 Å². The third-order valence-electron chi connectivity index (χ3n) is 5.17. The average molecular weight is 522 g/mol. The molecule has 0 aliphatic carbocycles. The van der Waals surface area contributed by atoms with Gasteiger partial charge >= 0.3 is 5.97 Å². The van der Waals surface area contributed by atoms with E-state index in [1.807, 2.05) is 0 Å². The average Bonchev–Trinajstić information content (AvgIpc) is 2.96. The Morgan fingerprint density at radius 3 is 2.03 bits per heavy atom. The fourth-order valence-electron chi connectivity index (χ4n) is 3.19. The van der Waals surface area contributed by atoms with Crippen molar-refractivity contribution < 1.29 is 38.1 Å². The van der Waals surface area contributed by atoms with Gasteiger partial charge in [0.1, 0.15) is 5.75 Å². The van der Waals surface area contributed by atoms with E-state index in [4.69, 9.17) is 23.7 Å². The second-order valence-electron chi connectivity index (χ2n) is 7.57. The maximum atomic E-state index is 12.4. The largest absolute Gasteiger partial charge is 0.497 e. The summed E-state index contributed by atoms with van der Waals surface area (Å²) in [6.45, 7) is -0.298. The van der Waals surface area contributed by atoms with Gasteiger partial charge in [-0.05, 0) is 66.2 Å². The first kappa shape index (κ1) is 27.5. The first-order valence-corrected chi connectivity index (χ1v) is 11.2. The number of hydrogen-bond acceptors (Lipinski definition) is 9. The Morgan fingerprint density at radius 1 is 0.737 bits per heavy atom. The molecule has 0 aliphatic heterocycles. The molecule has 2 amide bonds. The zero-order chi connectivity index (χ0) is 27.5. The second kappa shape index (κ2) is 13.3. The number of nitrogens with one attached hydrogen (secondary N) is 2. The molecule has 0 saturated heterocycles. The highest BCUT2D eigenvalue weighted by atomic mass is 16.6. The topological polar surface area (TPSA) is 134 Å². The Labute approximate surface area is 219 Å². The van der Waals surface area contributed by atoms with Crippen molar-refractivity contribution in [3.05, 3.63) is 77.4 Å². The Morgan fingerprint density at radius 2 is 1.37 bits per heavy atom. The van der Waals surface area contributed by atoms with Crippen molar-refractivity contribution in [1.29, 1.82) is 0 Å². The van der Waals surface area contributed by atoms with E-state index in [1.54, 1.807) is 54.6 Å². The lowest BCUT2D eigenvalue weighted by molar-refractivity contribution is -0.120. The van der Waals surface area contributed by atoms with E-state index in [9.17, 15) is 14.4 Å². The molecule has 2 N–H and O–H groups in total. The van der Waals surface area contributed by atoms with Crippen molar-refractivity contribution in [2.24, 2.45) is 5.10 Å². The summed E-state index contributed by atoms with van der Waals surface area (Å²) in [4.78, 5) is 36.9. The molecule has 0 heterocycles. The molecule has 3 aromatic carbocycles. The van der Waals surface area contributed by atoms with Crippen molar-refractivity contribution in [3.8, 4) is 28.7 Å². The van der Waals surface area contributed by atoms with Crippen LogP contribution < -0.4 is 34.4 Å². The van der Waals surface area contributed by atoms with E-state index in [2.05, 4.69) is 15.8 Å². The molecule has 3 rings (SSSR count). The van der Waals surface area contributed by atoms with Crippen molar-refractivity contribution in [3.63, 3.8) is 0 Å². The van der Waals surface area contributed by atoms with Crippen LogP contribution >= 0.6 is 0 Å². The summed E-state index contributed by atoms with van der Waals surface area (Å²) in [6, 6.07) is 15.9. The molecule has 0 aliphatic rings. The van der Waals surface area contributed by atoms with Crippen molar-refractivity contribution in [2.45, 2.75) is 0 Å². The lowest BCUT2D eigenvalue weighted by atomic mass is 10.2. The SMILES string of the molecule is COc1ccc(C(=O)Oc2ccc(/C=N\NC(=O)CNC(=O)c3ccc(OC)c(OC)c3)cc2OC)cc1. The molecule has 0 spiro atoms. The minimum atomic E-state index is -0.560.